The van der Waals surface area contributed by atoms with Gasteiger partial charge in [-0.1, -0.05) is 48.9 Å². The number of aliphatic hydroxyl groups is 1. The van der Waals surface area contributed by atoms with Gasteiger partial charge < -0.3 is 15.7 Å². The largest absolute Gasteiger partial charge is 0.395 e. The van der Waals surface area contributed by atoms with Gasteiger partial charge in [-0.05, 0) is 51.3 Å². The molecule has 156 valence electrons. The summed E-state index contributed by atoms with van der Waals surface area (Å²) in [6.45, 7) is 6.55. The van der Waals surface area contributed by atoms with Crippen LogP contribution in [0.4, 0.5) is 17.5 Å². The number of anilines is 3. The lowest BCUT2D eigenvalue weighted by Gasteiger charge is -2.40. The highest BCUT2D eigenvalue weighted by Crippen LogP contribution is 2.43. The van der Waals surface area contributed by atoms with E-state index < -0.39 is 0 Å². The van der Waals surface area contributed by atoms with Gasteiger partial charge in [0.1, 0.15) is 5.82 Å². The topological polar surface area (TPSA) is 70.1 Å². The normalized spacial score (nSPS) is 15.3. The van der Waals surface area contributed by atoms with Gasteiger partial charge in [0.25, 0.3) is 0 Å². The number of benzene rings is 2. The maximum Gasteiger partial charge on any atom is 0.229 e. The fourth-order valence-corrected chi connectivity index (χ4v) is 3.89. The molecule has 2 aromatic carbocycles. The molecule has 1 aliphatic rings. The van der Waals surface area contributed by atoms with Gasteiger partial charge in [-0.25, -0.2) is 4.98 Å². The minimum atomic E-state index is -0.109. The molecule has 3 aromatic rings. The first kappa shape index (κ1) is 20.4. The number of hydrogen-bond acceptors (Lipinski definition) is 5. The molecule has 5 nitrogen and oxygen atoms in total. The van der Waals surface area contributed by atoms with E-state index in [1.54, 1.807) is 0 Å². The molecule has 1 fully saturated rings. The number of nitrogens with zero attached hydrogens (tertiary/aromatic N) is 2. The van der Waals surface area contributed by atoms with Gasteiger partial charge in [0.05, 0.1) is 12.3 Å². The summed E-state index contributed by atoms with van der Waals surface area (Å²) >= 11 is 0. The van der Waals surface area contributed by atoms with Crippen molar-refractivity contribution in [1.82, 2.24) is 9.97 Å². The smallest absolute Gasteiger partial charge is 0.229 e. The zero-order valence-electron chi connectivity index (χ0n) is 17.9. The summed E-state index contributed by atoms with van der Waals surface area (Å²) in [5.74, 6) is 1.33. The zero-order valence-corrected chi connectivity index (χ0v) is 17.9. The van der Waals surface area contributed by atoms with Crippen LogP contribution < -0.4 is 10.6 Å². The van der Waals surface area contributed by atoms with E-state index in [2.05, 4.69) is 60.7 Å². The van der Waals surface area contributed by atoms with Crippen LogP contribution in [0.15, 0.2) is 60.7 Å². The van der Waals surface area contributed by atoms with Crippen LogP contribution in [0.5, 0.6) is 0 Å². The maximum atomic E-state index is 9.81. The second-order valence-electron chi connectivity index (χ2n) is 9.20. The molecule has 1 heterocycles. The van der Waals surface area contributed by atoms with Gasteiger partial charge in [-0.15, -0.1) is 0 Å². The van der Waals surface area contributed by atoms with Crippen LogP contribution >= 0.6 is 0 Å². The lowest BCUT2D eigenvalue weighted by molar-refractivity contribution is 0.120. The van der Waals surface area contributed by atoms with Gasteiger partial charge >= 0.3 is 0 Å². The molecule has 0 unspecified atom stereocenters. The van der Waals surface area contributed by atoms with Crippen molar-refractivity contribution in [3.63, 3.8) is 0 Å². The first-order valence-electron chi connectivity index (χ1n) is 10.6. The van der Waals surface area contributed by atoms with E-state index in [1.807, 2.05) is 36.4 Å². The monoisotopic (exact) mass is 402 g/mol. The number of aliphatic hydroxyl groups excluding tert-OH is 1. The molecule has 0 saturated heterocycles. The quantitative estimate of drug-likeness (QED) is 0.507. The zero-order chi connectivity index (χ0) is 21.2. The summed E-state index contributed by atoms with van der Waals surface area (Å²) in [6, 6.07) is 20.4. The molecule has 1 saturated carbocycles. The minimum absolute atomic E-state index is 0.0495. The summed E-state index contributed by atoms with van der Waals surface area (Å²) < 4.78 is 0. The molecular weight excluding hydrogens is 372 g/mol. The van der Waals surface area contributed by atoms with E-state index in [0.29, 0.717) is 5.95 Å². The van der Waals surface area contributed by atoms with Crippen molar-refractivity contribution in [2.45, 2.75) is 51.0 Å². The van der Waals surface area contributed by atoms with Crippen molar-refractivity contribution in [3.8, 4) is 11.3 Å². The van der Waals surface area contributed by atoms with Crippen molar-refractivity contribution in [1.29, 1.82) is 0 Å². The molecule has 0 bridgehead atoms. The van der Waals surface area contributed by atoms with Crippen molar-refractivity contribution in [3.05, 3.63) is 66.2 Å². The van der Waals surface area contributed by atoms with E-state index in [1.165, 1.54) is 12.0 Å². The maximum absolute atomic E-state index is 9.81. The predicted molar refractivity (Wildman–Crippen MR) is 123 cm³/mol. The Labute approximate surface area is 178 Å². The van der Waals surface area contributed by atoms with E-state index in [4.69, 9.17) is 4.98 Å². The van der Waals surface area contributed by atoms with Crippen molar-refractivity contribution >= 4 is 17.5 Å². The molecular formula is C25H30N4O. The Morgan fingerprint density at radius 3 is 2.23 bits per heavy atom. The highest BCUT2D eigenvalue weighted by Gasteiger charge is 2.37. The fourth-order valence-electron chi connectivity index (χ4n) is 3.89. The van der Waals surface area contributed by atoms with Crippen LogP contribution in [0, 0.1) is 0 Å². The standard InChI is InChI=1S/C25H30N4O/c1-24(2,3)29-22-16-21(18-8-5-4-6-9-18)27-23(28-22)26-20-12-10-19(11-13-20)25(17-30)14-7-15-25/h4-6,8-13,16,30H,7,14-15,17H2,1-3H3,(H2,26,27,28,29). The Kier molecular flexibility index (Phi) is 5.48. The summed E-state index contributed by atoms with van der Waals surface area (Å²) in [7, 11) is 0. The molecule has 0 amide bonds. The predicted octanol–water partition coefficient (Wildman–Crippen LogP) is 5.51. The van der Waals surface area contributed by atoms with E-state index in [-0.39, 0.29) is 17.6 Å². The highest BCUT2D eigenvalue weighted by atomic mass is 16.3. The number of nitrogens with one attached hydrogen (secondary N) is 2. The van der Waals surface area contributed by atoms with Gasteiger partial charge in [0.15, 0.2) is 0 Å². The van der Waals surface area contributed by atoms with E-state index >= 15 is 0 Å². The molecule has 0 spiro atoms. The first-order chi connectivity index (χ1) is 14.4. The van der Waals surface area contributed by atoms with E-state index in [0.717, 1.165) is 35.6 Å². The van der Waals surface area contributed by atoms with E-state index in [9.17, 15) is 5.11 Å². The van der Waals surface area contributed by atoms with Crippen LogP contribution in [0.2, 0.25) is 0 Å². The molecule has 4 rings (SSSR count). The Hall–Kier alpha value is -2.92. The average Bonchev–Trinajstić information content (AvgIpc) is 2.68. The minimum Gasteiger partial charge on any atom is -0.395 e. The van der Waals surface area contributed by atoms with Crippen LogP contribution in [0.1, 0.15) is 45.6 Å². The second-order valence-corrected chi connectivity index (χ2v) is 9.20. The third-order valence-corrected chi connectivity index (χ3v) is 5.67. The highest BCUT2D eigenvalue weighted by molar-refractivity contribution is 5.66. The fraction of sp³-hybridized carbons (Fsp3) is 0.360. The van der Waals surface area contributed by atoms with Gasteiger partial charge in [-0.3, -0.25) is 0 Å². The SMILES string of the molecule is CC(C)(C)Nc1cc(-c2ccccc2)nc(Nc2ccc(C3(CO)CCC3)cc2)n1. The molecule has 0 atom stereocenters. The number of rotatable bonds is 6. The Morgan fingerprint density at radius 2 is 1.67 bits per heavy atom. The third kappa shape index (κ3) is 4.46. The van der Waals surface area contributed by atoms with Gasteiger partial charge in [0, 0.05) is 28.3 Å². The Bertz CT molecular complexity index is 984. The molecule has 30 heavy (non-hydrogen) atoms. The molecule has 0 radical (unpaired) electrons. The Balaban J connectivity index is 1.62. The summed E-state index contributed by atoms with van der Waals surface area (Å²) in [5, 5.41) is 16.6. The summed E-state index contributed by atoms with van der Waals surface area (Å²) in [4.78, 5) is 9.42. The number of hydrogen-bond donors (Lipinski definition) is 3. The van der Waals surface area contributed by atoms with Crippen LogP contribution in [0.3, 0.4) is 0 Å². The van der Waals surface area contributed by atoms with Crippen LogP contribution in [0.25, 0.3) is 11.3 Å². The lowest BCUT2D eigenvalue weighted by Crippen LogP contribution is -2.37. The van der Waals surface area contributed by atoms with Crippen molar-refractivity contribution in [2.75, 3.05) is 17.2 Å². The lowest BCUT2D eigenvalue weighted by atomic mass is 9.65. The van der Waals surface area contributed by atoms with Crippen molar-refractivity contribution < 1.29 is 5.11 Å². The Morgan fingerprint density at radius 1 is 0.967 bits per heavy atom. The summed E-state index contributed by atoms with van der Waals surface area (Å²) in [5.41, 5.74) is 3.89. The van der Waals surface area contributed by atoms with Gasteiger partial charge in [0.2, 0.25) is 5.95 Å². The van der Waals surface area contributed by atoms with Crippen LogP contribution in [-0.4, -0.2) is 27.2 Å². The first-order valence-corrected chi connectivity index (χ1v) is 10.6. The van der Waals surface area contributed by atoms with Crippen molar-refractivity contribution in [2.24, 2.45) is 0 Å². The summed E-state index contributed by atoms with van der Waals surface area (Å²) in [6.07, 6.45) is 3.30. The third-order valence-electron chi connectivity index (χ3n) is 5.67. The second kappa shape index (κ2) is 8.07. The molecule has 5 heteroatoms. The molecule has 1 aliphatic carbocycles. The number of aromatic nitrogens is 2. The average molecular weight is 403 g/mol. The molecule has 0 aliphatic heterocycles. The molecule has 1 aromatic heterocycles. The molecule has 3 N–H and O–H groups in total. The van der Waals surface area contributed by atoms with Gasteiger partial charge in [-0.2, -0.15) is 4.98 Å². The van der Waals surface area contributed by atoms with Crippen LogP contribution in [-0.2, 0) is 5.41 Å².